The summed E-state index contributed by atoms with van der Waals surface area (Å²) < 4.78 is 22.9. The summed E-state index contributed by atoms with van der Waals surface area (Å²) in [5, 5.41) is 2.86. The highest BCUT2D eigenvalue weighted by Crippen LogP contribution is 2.48. The molecule has 0 bridgehead atoms. The van der Waals surface area contributed by atoms with Gasteiger partial charge in [-0.25, -0.2) is 0 Å². The highest BCUT2D eigenvalue weighted by molar-refractivity contribution is 7.53. The molecule has 0 spiro atoms. The lowest BCUT2D eigenvalue weighted by molar-refractivity contribution is -0.117. The maximum atomic E-state index is 12.3. The minimum Gasteiger partial charge on any atom is -0.352 e. The summed E-state index contributed by atoms with van der Waals surface area (Å²) in [6.07, 6.45) is 12.2. The molecule has 6 heteroatoms. The van der Waals surface area contributed by atoms with Gasteiger partial charge in [0.1, 0.15) is 0 Å². The number of hydrogen-bond acceptors (Lipinski definition) is 4. The zero-order valence-corrected chi connectivity index (χ0v) is 18.1. The van der Waals surface area contributed by atoms with Crippen LogP contribution < -0.4 is 5.32 Å². The first-order valence-electron chi connectivity index (χ1n) is 10.3. The van der Waals surface area contributed by atoms with Gasteiger partial charge in [0.15, 0.2) is 0 Å². The molecular weight excluding hydrogens is 349 g/mol. The Morgan fingerprint density at radius 1 is 0.846 bits per heavy atom. The largest absolute Gasteiger partial charge is 0.352 e. The fourth-order valence-electron chi connectivity index (χ4n) is 2.76. The van der Waals surface area contributed by atoms with Crippen LogP contribution >= 0.6 is 7.60 Å². The molecule has 0 fully saturated rings. The van der Waals surface area contributed by atoms with Crippen molar-refractivity contribution in [2.75, 3.05) is 25.9 Å². The highest BCUT2D eigenvalue weighted by Gasteiger charge is 2.22. The molecule has 0 aromatic heterocycles. The molecule has 0 saturated heterocycles. The van der Waals surface area contributed by atoms with Gasteiger partial charge in [0, 0.05) is 12.1 Å². The van der Waals surface area contributed by atoms with E-state index in [-0.39, 0.29) is 5.91 Å². The Morgan fingerprint density at radius 2 is 1.27 bits per heavy atom. The molecule has 0 aliphatic heterocycles. The van der Waals surface area contributed by atoms with Crippen molar-refractivity contribution in [2.45, 2.75) is 85.0 Å². The van der Waals surface area contributed by atoms with Crippen LogP contribution in [-0.2, 0) is 18.4 Å². The quantitative estimate of drug-likeness (QED) is 0.181. The van der Waals surface area contributed by atoms with E-state index >= 15 is 0 Å². The van der Waals surface area contributed by atoms with E-state index in [1.165, 1.54) is 44.9 Å². The second-order valence-corrected chi connectivity index (χ2v) is 8.93. The fourth-order valence-corrected chi connectivity index (χ4v) is 4.49. The maximum Gasteiger partial charge on any atom is 0.330 e. The molecule has 0 aliphatic rings. The number of nitrogens with one attached hydrogen (secondary N) is 1. The van der Waals surface area contributed by atoms with Crippen molar-refractivity contribution >= 4 is 13.5 Å². The van der Waals surface area contributed by atoms with E-state index in [1.54, 1.807) is 6.92 Å². The van der Waals surface area contributed by atoms with E-state index in [0.29, 0.717) is 24.9 Å². The van der Waals surface area contributed by atoms with Crippen molar-refractivity contribution in [3.8, 4) is 0 Å². The molecule has 26 heavy (non-hydrogen) atoms. The van der Waals surface area contributed by atoms with Crippen LogP contribution in [0.25, 0.3) is 0 Å². The van der Waals surface area contributed by atoms with Crippen molar-refractivity contribution in [1.29, 1.82) is 0 Å². The summed E-state index contributed by atoms with van der Waals surface area (Å²) >= 11 is 0. The van der Waals surface area contributed by atoms with Crippen LogP contribution in [0.15, 0.2) is 12.2 Å². The molecule has 0 saturated carbocycles. The van der Waals surface area contributed by atoms with Gasteiger partial charge in [-0.3, -0.25) is 9.36 Å². The van der Waals surface area contributed by atoms with E-state index in [1.807, 2.05) is 13.8 Å². The standard InChI is InChI=1S/C20H40NO4P/c1-5-24-26(23,25-6-2)18-16-14-12-10-8-7-9-11-13-15-17-21-20(22)19(3)4/h3,5-18H2,1-2,4H3,(H,21,22). The summed E-state index contributed by atoms with van der Waals surface area (Å²) in [6.45, 7) is 10.7. The third-order valence-electron chi connectivity index (χ3n) is 4.18. The Hall–Kier alpha value is -0.640. The second kappa shape index (κ2) is 16.5. The fraction of sp³-hybridized carbons (Fsp3) is 0.850. The SMILES string of the molecule is C=C(C)C(=O)NCCCCCCCCCCCCP(=O)(OCC)OCC. The number of amides is 1. The van der Waals surface area contributed by atoms with E-state index in [4.69, 9.17) is 9.05 Å². The Bertz CT molecular complexity index is 416. The Kier molecular flexibility index (Phi) is 16.1. The summed E-state index contributed by atoms with van der Waals surface area (Å²) in [5.74, 6) is -0.0381. The van der Waals surface area contributed by atoms with Crippen LogP contribution in [0, 0.1) is 0 Å². The van der Waals surface area contributed by atoms with Gasteiger partial charge in [0.2, 0.25) is 5.91 Å². The molecule has 0 atom stereocenters. The van der Waals surface area contributed by atoms with Crippen LogP contribution in [0.4, 0.5) is 0 Å². The monoisotopic (exact) mass is 389 g/mol. The van der Waals surface area contributed by atoms with Gasteiger partial charge < -0.3 is 14.4 Å². The third kappa shape index (κ3) is 14.5. The molecule has 1 N–H and O–H groups in total. The van der Waals surface area contributed by atoms with E-state index in [2.05, 4.69) is 11.9 Å². The zero-order chi connectivity index (χ0) is 19.7. The van der Waals surface area contributed by atoms with Gasteiger partial charge in [-0.15, -0.1) is 0 Å². The molecular formula is C20H40NO4P. The molecule has 0 radical (unpaired) electrons. The van der Waals surface area contributed by atoms with Crippen LogP contribution in [0.5, 0.6) is 0 Å². The number of rotatable bonds is 18. The van der Waals surface area contributed by atoms with Crippen LogP contribution in [0.2, 0.25) is 0 Å². The lowest BCUT2D eigenvalue weighted by Gasteiger charge is -2.16. The number of hydrogen-bond donors (Lipinski definition) is 1. The lowest BCUT2D eigenvalue weighted by Crippen LogP contribution is -2.24. The molecule has 0 rings (SSSR count). The van der Waals surface area contributed by atoms with E-state index < -0.39 is 7.60 Å². The lowest BCUT2D eigenvalue weighted by atomic mass is 10.1. The number of carbonyl (C=O) groups excluding carboxylic acids is 1. The Balaban J connectivity index is 3.40. The van der Waals surface area contributed by atoms with Gasteiger partial charge in [0.25, 0.3) is 0 Å². The summed E-state index contributed by atoms with van der Waals surface area (Å²) in [6, 6.07) is 0. The molecule has 0 unspecified atom stereocenters. The molecule has 5 nitrogen and oxygen atoms in total. The topological polar surface area (TPSA) is 64.6 Å². The van der Waals surface area contributed by atoms with Crippen molar-refractivity contribution in [1.82, 2.24) is 5.32 Å². The molecule has 0 aliphatic carbocycles. The molecule has 154 valence electrons. The smallest absolute Gasteiger partial charge is 0.330 e. The maximum absolute atomic E-state index is 12.3. The average molecular weight is 390 g/mol. The number of carbonyl (C=O) groups is 1. The first kappa shape index (κ1) is 25.4. The summed E-state index contributed by atoms with van der Waals surface area (Å²) in [4.78, 5) is 11.3. The van der Waals surface area contributed by atoms with E-state index in [9.17, 15) is 9.36 Å². The predicted octanol–water partition coefficient (Wildman–Crippen LogP) is 5.85. The van der Waals surface area contributed by atoms with Crippen molar-refractivity contribution in [3.05, 3.63) is 12.2 Å². The average Bonchev–Trinajstić information content (AvgIpc) is 2.59. The first-order chi connectivity index (χ1) is 12.4. The number of unbranched alkanes of at least 4 members (excludes halogenated alkanes) is 9. The zero-order valence-electron chi connectivity index (χ0n) is 17.2. The summed E-state index contributed by atoms with van der Waals surface area (Å²) in [5.41, 5.74) is 0.573. The van der Waals surface area contributed by atoms with Crippen LogP contribution in [0.3, 0.4) is 0 Å². The Morgan fingerprint density at radius 3 is 1.69 bits per heavy atom. The molecule has 0 aromatic carbocycles. The van der Waals surface area contributed by atoms with Crippen LogP contribution in [-0.4, -0.2) is 31.8 Å². The normalized spacial score (nSPS) is 11.5. The minimum atomic E-state index is -2.84. The van der Waals surface area contributed by atoms with Gasteiger partial charge in [0.05, 0.1) is 19.4 Å². The summed E-state index contributed by atoms with van der Waals surface area (Å²) in [7, 11) is -2.84. The van der Waals surface area contributed by atoms with Crippen LogP contribution in [0.1, 0.15) is 85.0 Å². The van der Waals surface area contributed by atoms with Gasteiger partial charge in [-0.05, 0) is 33.6 Å². The third-order valence-corrected chi connectivity index (χ3v) is 6.35. The molecule has 0 heterocycles. The van der Waals surface area contributed by atoms with Crippen molar-refractivity contribution < 1.29 is 18.4 Å². The van der Waals surface area contributed by atoms with Crippen molar-refractivity contribution in [3.63, 3.8) is 0 Å². The Labute approximate surface area is 160 Å². The molecule has 1 amide bonds. The second-order valence-electron chi connectivity index (χ2n) is 6.74. The van der Waals surface area contributed by atoms with Gasteiger partial charge in [-0.1, -0.05) is 57.9 Å². The van der Waals surface area contributed by atoms with E-state index in [0.717, 1.165) is 25.8 Å². The van der Waals surface area contributed by atoms with Gasteiger partial charge in [-0.2, -0.15) is 0 Å². The first-order valence-corrected chi connectivity index (χ1v) is 12.0. The van der Waals surface area contributed by atoms with Crippen molar-refractivity contribution in [2.24, 2.45) is 0 Å². The molecule has 0 aromatic rings. The highest BCUT2D eigenvalue weighted by atomic mass is 31.2. The predicted molar refractivity (Wildman–Crippen MR) is 110 cm³/mol. The van der Waals surface area contributed by atoms with Gasteiger partial charge >= 0.3 is 7.60 Å². The minimum absolute atomic E-state index is 0.0381.